The highest BCUT2D eigenvalue weighted by Crippen LogP contribution is 2.10. The molecule has 0 fully saturated rings. The van der Waals surface area contributed by atoms with E-state index in [1.165, 1.54) is 0 Å². The van der Waals surface area contributed by atoms with Gasteiger partial charge in [-0.3, -0.25) is 24.0 Å². The lowest BCUT2D eigenvalue weighted by atomic mass is 9.97. The van der Waals surface area contributed by atoms with Gasteiger partial charge in [-0.2, -0.15) is 0 Å². The Labute approximate surface area is 203 Å². The van der Waals surface area contributed by atoms with Gasteiger partial charge in [0.05, 0.1) is 12.5 Å². The van der Waals surface area contributed by atoms with Crippen LogP contribution in [0.15, 0.2) is 0 Å². The van der Waals surface area contributed by atoms with Crippen LogP contribution in [-0.2, 0) is 28.8 Å². The van der Waals surface area contributed by atoms with Crippen molar-refractivity contribution in [3.8, 4) is 0 Å². The molecule has 0 aliphatic heterocycles. The molecule has 200 valence electrons. The lowest BCUT2D eigenvalue weighted by Crippen LogP contribution is -2.59. The average molecular weight is 503 g/mol. The molecule has 14 nitrogen and oxygen atoms in total. The summed E-state index contributed by atoms with van der Waals surface area (Å²) < 4.78 is 0. The van der Waals surface area contributed by atoms with Gasteiger partial charge >= 0.3 is 11.9 Å². The molecule has 35 heavy (non-hydrogen) atoms. The number of nitrogens with two attached hydrogens (primary N) is 3. The van der Waals surface area contributed by atoms with Gasteiger partial charge in [0.1, 0.15) is 18.1 Å². The van der Waals surface area contributed by atoms with Gasteiger partial charge in [-0.1, -0.05) is 20.3 Å². The number of aliphatic carboxylic acids is 2. The van der Waals surface area contributed by atoms with Gasteiger partial charge < -0.3 is 43.4 Å². The van der Waals surface area contributed by atoms with Gasteiger partial charge in [-0.05, 0) is 38.1 Å². The van der Waals surface area contributed by atoms with E-state index in [1.807, 2.05) is 0 Å². The topological polar surface area (TPSA) is 257 Å². The van der Waals surface area contributed by atoms with Crippen molar-refractivity contribution in [2.75, 3.05) is 6.54 Å². The maximum Gasteiger partial charge on any atom is 0.326 e. The number of rotatable bonds is 18. The summed E-state index contributed by atoms with van der Waals surface area (Å²) in [5, 5.41) is 25.2. The molecule has 0 aliphatic rings. The van der Waals surface area contributed by atoms with Crippen LogP contribution in [-0.4, -0.2) is 76.5 Å². The number of unbranched alkanes of at least 4 members (excludes halogenated alkanes) is 1. The number of amides is 4. The third-order valence-electron chi connectivity index (χ3n) is 5.40. The smallest absolute Gasteiger partial charge is 0.326 e. The fourth-order valence-electron chi connectivity index (χ4n) is 3.07. The van der Waals surface area contributed by atoms with E-state index >= 15 is 0 Å². The minimum atomic E-state index is -1.49. The van der Waals surface area contributed by atoms with Crippen molar-refractivity contribution >= 4 is 35.6 Å². The van der Waals surface area contributed by atoms with Crippen LogP contribution in [0.3, 0.4) is 0 Å². The Hall–Kier alpha value is -3.26. The predicted molar refractivity (Wildman–Crippen MR) is 124 cm³/mol. The van der Waals surface area contributed by atoms with Gasteiger partial charge in [0, 0.05) is 6.42 Å². The van der Waals surface area contributed by atoms with Crippen LogP contribution >= 0.6 is 0 Å². The number of carbonyl (C=O) groups excluding carboxylic acids is 4. The number of primary amides is 1. The van der Waals surface area contributed by atoms with Crippen LogP contribution in [0, 0.1) is 5.92 Å². The Morgan fingerprint density at radius 1 is 0.857 bits per heavy atom. The van der Waals surface area contributed by atoms with Crippen molar-refractivity contribution in [2.45, 2.75) is 83.0 Å². The monoisotopic (exact) mass is 502 g/mol. The average Bonchev–Trinajstić information content (AvgIpc) is 2.78. The van der Waals surface area contributed by atoms with Crippen molar-refractivity contribution in [2.24, 2.45) is 23.1 Å². The highest BCUT2D eigenvalue weighted by atomic mass is 16.4. The molecule has 5 unspecified atom stereocenters. The van der Waals surface area contributed by atoms with E-state index in [4.69, 9.17) is 22.3 Å². The maximum absolute atomic E-state index is 13.0. The molecule has 0 rings (SSSR count). The molecule has 5 atom stereocenters. The summed E-state index contributed by atoms with van der Waals surface area (Å²) >= 11 is 0. The normalized spacial score (nSPS) is 15.1. The molecule has 0 bridgehead atoms. The molecule has 0 saturated heterocycles. The molecular formula is C21H38N6O8. The predicted octanol–water partition coefficient (Wildman–Crippen LogP) is -2.23. The van der Waals surface area contributed by atoms with Crippen molar-refractivity contribution in [3.05, 3.63) is 0 Å². The van der Waals surface area contributed by atoms with E-state index in [0.717, 1.165) is 0 Å². The van der Waals surface area contributed by atoms with Crippen LogP contribution in [0.2, 0.25) is 0 Å². The quantitative estimate of drug-likeness (QED) is 0.0935. The fraction of sp³-hybridized carbons (Fsp3) is 0.714. The molecule has 14 heteroatoms. The molecule has 0 spiro atoms. The molecule has 0 aromatic rings. The molecule has 0 aromatic heterocycles. The molecule has 0 saturated carbocycles. The summed E-state index contributed by atoms with van der Waals surface area (Å²) in [5.41, 5.74) is 16.3. The minimum absolute atomic E-state index is 0.0926. The van der Waals surface area contributed by atoms with Crippen LogP contribution < -0.4 is 33.2 Å². The Balaban J connectivity index is 5.50. The standard InChI is InChI=1S/C21H38N6O8/c1-3-11(2)17(27-18(31)12(23)7-8-16(29)30)20(33)26-14(10-15(24)28)19(32)25-13(21(34)35)6-4-5-9-22/h11-14,17H,3-10,22-23H2,1-2H3,(H2,24,28)(H,25,32)(H,26,33)(H,27,31)(H,29,30)(H,34,35). The van der Waals surface area contributed by atoms with Crippen LogP contribution in [0.25, 0.3) is 0 Å². The molecule has 0 heterocycles. The third-order valence-corrected chi connectivity index (χ3v) is 5.40. The first kappa shape index (κ1) is 31.7. The van der Waals surface area contributed by atoms with Crippen LogP contribution in [0.4, 0.5) is 0 Å². The number of carboxylic acid groups (broad SMARTS) is 2. The van der Waals surface area contributed by atoms with E-state index in [2.05, 4.69) is 16.0 Å². The summed E-state index contributed by atoms with van der Waals surface area (Å²) in [4.78, 5) is 71.8. The number of carbonyl (C=O) groups is 6. The largest absolute Gasteiger partial charge is 0.481 e. The second-order valence-corrected chi connectivity index (χ2v) is 8.33. The number of nitrogens with one attached hydrogen (secondary N) is 3. The number of hydrogen-bond donors (Lipinski definition) is 8. The minimum Gasteiger partial charge on any atom is -0.481 e. The Morgan fingerprint density at radius 3 is 1.94 bits per heavy atom. The molecule has 11 N–H and O–H groups in total. The van der Waals surface area contributed by atoms with Crippen molar-refractivity contribution in [1.29, 1.82) is 0 Å². The Bertz CT molecular complexity index is 762. The summed E-state index contributed by atoms with van der Waals surface area (Å²) in [7, 11) is 0. The van der Waals surface area contributed by atoms with E-state index < -0.39 is 72.1 Å². The lowest BCUT2D eigenvalue weighted by molar-refractivity contribution is -0.143. The van der Waals surface area contributed by atoms with Gasteiger partial charge in [-0.25, -0.2) is 4.79 Å². The molecule has 0 aromatic carbocycles. The van der Waals surface area contributed by atoms with E-state index in [9.17, 15) is 33.9 Å². The Kier molecular flexibility index (Phi) is 14.9. The molecular weight excluding hydrogens is 464 g/mol. The van der Waals surface area contributed by atoms with E-state index in [0.29, 0.717) is 25.8 Å². The van der Waals surface area contributed by atoms with Gasteiger partial charge in [0.15, 0.2) is 0 Å². The van der Waals surface area contributed by atoms with Crippen LogP contribution in [0.1, 0.15) is 58.8 Å². The molecule has 4 amide bonds. The van der Waals surface area contributed by atoms with E-state index in [1.54, 1.807) is 13.8 Å². The van der Waals surface area contributed by atoms with Gasteiger partial charge in [0.25, 0.3) is 0 Å². The maximum atomic E-state index is 13.0. The zero-order valence-electron chi connectivity index (χ0n) is 20.1. The first-order chi connectivity index (χ1) is 16.3. The summed E-state index contributed by atoms with van der Waals surface area (Å²) in [5.74, 6) is -6.26. The molecule has 0 radical (unpaired) electrons. The zero-order chi connectivity index (χ0) is 27.1. The Morgan fingerprint density at radius 2 is 1.46 bits per heavy atom. The first-order valence-electron chi connectivity index (χ1n) is 11.4. The highest BCUT2D eigenvalue weighted by Gasteiger charge is 2.33. The zero-order valence-corrected chi connectivity index (χ0v) is 20.1. The molecule has 0 aliphatic carbocycles. The second-order valence-electron chi connectivity index (χ2n) is 8.33. The summed E-state index contributed by atoms with van der Waals surface area (Å²) in [6.07, 6.45) is 0.422. The van der Waals surface area contributed by atoms with Crippen molar-refractivity contribution in [3.63, 3.8) is 0 Å². The van der Waals surface area contributed by atoms with Crippen LogP contribution in [0.5, 0.6) is 0 Å². The number of carboxylic acids is 2. The van der Waals surface area contributed by atoms with Crippen molar-refractivity contribution in [1.82, 2.24) is 16.0 Å². The fourth-order valence-corrected chi connectivity index (χ4v) is 3.07. The van der Waals surface area contributed by atoms with Gasteiger partial charge in [-0.15, -0.1) is 0 Å². The highest BCUT2D eigenvalue weighted by molar-refractivity contribution is 5.96. The van der Waals surface area contributed by atoms with Crippen molar-refractivity contribution < 1.29 is 39.0 Å². The van der Waals surface area contributed by atoms with E-state index in [-0.39, 0.29) is 19.3 Å². The summed E-state index contributed by atoms with van der Waals surface area (Å²) in [6.45, 7) is 3.77. The second kappa shape index (κ2) is 16.4. The third kappa shape index (κ3) is 12.7. The first-order valence-corrected chi connectivity index (χ1v) is 11.4. The number of hydrogen-bond acceptors (Lipinski definition) is 8. The summed E-state index contributed by atoms with van der Waals surface area (Å²) in [6, 6.07) is -5.09. The van der Waals surface area contributed by atoms with Gasteiger partial charge in [0.2, 0.25) is 23.6 Å². The lowest BCUT2D eigenvalue weighted by Gasteiger charge is -2.27. The SMILES string of the molecule is CCC(C)C(NC(=O)C(N)CCC(=O)O)C(=O)NC(CC(N)=O)C(=O)NC(CCCCN)C(=O)O.